The molecule has 3 heterocycles. The zero-order chi connectivity index (χ0) is 25.8. The second-order valence-electron chi connectivity index (χ2n) is 8.37. The fraction of sp³-hybridized carbons (Fsp3) is 0.185. The molecule has 0 aliphatic heterocycles. The molecule has 3 aromatic heterocycles. The summed E-state index contributed by atoms with van der Waals surface area (Å²) >= 11 is 1.62. The third kappa shape index (κ3) is 6.21. The van der Waals surface area contributed by atoms with E-state index in [1.54, 1.807) is 35.7 Å². The molecule has 37 heavy (non-hydrogen) atoms. The maximum absolute atomic E-state index is 12.4. The molecule has 1 N–H and O–H groups in total. The van der Waals surface area contributed by atoms with Crippen LogP contribution < -0.4 is 10.1 Å². The zero-order valence-electron chi connectivity index (χ0n) is 19.8. The van der Waals surface area contributed by atoms with Gasteiger partial charge in [-0.25, -0.2) is 19.9 Å². The Hall–Kier alpha value is -4.05. The molecule has 0 saturated carbocycles. The van der Waals surface area contributed by atoms with E-state index < -0.39 is 6.36 Å². The van der Waals surface area contributed by atoms with E-state index in [-0.39, 0.29) is 5.75 Å². The predicted molar refractivity (Wildman–Crippen MR) is 139 cm³/mol. The van der Waals surface area contributed by atoms with Crippen LogP contribution in [0.15, 0.2) is 73.2 Å². The van der Waals surface area contributed by atoms with Crippen LogP contribution in [0.1, 0.15) is 16.9 Å². The van der Waals surface area contributed by atoms with Crippen LogP contribution in [0.3, 0.4) is 0 Å². The van der Waals surface area contributed by atoms with E-state index in [0.717, 1.165) is 51.4 Å². The molecule has 5 rings (SSSR count). The van der Waals surface area contributed by atoms with Gasteiger partial charge in [0.25, 0.3) is 0 Å². The summed E-state index contributed by atoms with van der Waals surface area (Å²) in [6, 6.07) is 17.8. The van der Waals surface area contributed by atoms with Gasteiger partial charge in [-0.3, -0.25) is 0 Å². The lowest BCUT2D eigenvalue weighted by Gasteiger charge is -2.10. The molecule has 0 aliphatic rings. The van der Waals surface area contributed by atoms with Crippen LogP contribution >= 0.6 is 11.3 Å². The van der Waals surface area contributed by atoms with Crippen molar-refractivity contribution in [1.82, 2.24) is 19.9 Å². The molecule has 0 saturated heterocycles. The standard InChI is InChI=1S/C27H22F3N5OS/c1-17-15-22-24(34-25(35-26(22)37-17)23-12-14-31-16-33-23)32-13-2-3-18-4-6-19(7-5-18)20-8-10-21(11-9-20)36-27(28,29)30/h4-12,14-16H,2-3,13H2,1H3,(H,32,34,35). The van der Waals surface area contributed by atoms with E-state index in [4.69, 9.17) is 4.98 Å². The zero-order valence-corrected chi connectivity index (χ0v) is 20.6. The van der Waals surface area contributed by atoms with Crippen molar-refractivity contribution in [2.24, 2.45) is 0 Å². The number of nitrogens with zero attached hydrogens (tertiary/aromatic N) is 4. The van der Waals surface area contributed by atoms with Gasteiger partial charge in [0.15, 0.2) is 5.82 Å². The summed E-state index contributed by atoms with van der Waals surface area (Å²) in [7, 11) is 0. The minimum Gasteiger partial charge on any atom is -0.406 e. The number of fused-ring (bicyclic) bond motifs is 1. The smallest absolute Gasteiger partial charge is 0.406 e. The van der Waals surface area contributed by atoms with E-state index in [1.165, 1.54) is 24.0 Å². The molecule has 0 unspecified atom stereocenters. The number of aromatic nitrogens is 4. The number of rotatable bonds is 8. The Bertz CT molecular complexity index is 1490. The van der Waals surface area contributed by atoms with Crippen LogP contribution in [0, 0.1) is 6.92 Å². The number of ether oxygens (including phenoxy) is 1. The predicted octanol–water partition coefficient (Wildman–Crippen LogP) is 7.07. The first-order chi connectivity index (χ1) is 17.8. The molecule has 0 aliphatic carbocycles. The van der Waals surface area contributed by atoms with Gasteiger partial charge in [-0.2, -0.15) is 0 Å². The minimum absolute atomic E-state index is 0.233. The van der Waals surface area contributed by atoms with Crippen molar-refractivity contribution in [2.45, 2.75) is 26.1 Å². The van der Waals surface area contributed by atoms with Crippen LogP contribution in [0.25, 0.3) is 32.9 Å². The monoisotopic (exact) mass is 521 g/mol. The number of hydrogen-bond acceptors (Lipinski definition) is 7. The van der Waals surface area contributed by atoms with Gasteiger partial charge in [-0.1, -0.05) is 36.4 Å². The van der Waals surface area contributed by atoms with Crippen molar-refractivity contribution in [2.75, 3.05) is 11.9 Å². The van der Waals surface area contributed by atoms with Gasteiger partial charge in [0, 0.05) is 17.6 Å². The van der Waals surface area contributed by atoms with Crippen LogP contribution in [-0.4, -0.2) is 32.8 Å². The summed E-state index contributed by atoms with van der Waals surface area (Å²) in [5, 5.41) is 4.46. The maximum atomic E-state index is 12.4. The summed E-state index contributed by atoms with van der Waals surface area (Å²) in [6.07, 6.45) is 0.213. The van der Waals surface area contributed by atoms with Crippen molar-refractivity contribution in [3.05, 3.63) is 83.6 Å². The number of nitrogens with one attached hydrogen (secondary N) is 1. The number of hydrogen-bond donors (Lipinski definition) is 1. The average Bonchev–Trinajstić information content (AvgIpc) is 3.27. The van der Waals surface area contributed by atoms with Crippen molar-refractivity contribution < 1.29 is 17.9 Å². The first-order valence-corrected chi connectivity index (χ1v) is 12.4. The fourth-order valence-electron chi connectivity index (χ4n) is 3.93. The number of aryl methyl sites for hydroxylation is 2. The Morgan fingerprint density at radius 2 is 1.68 bits per heavy atom. The first kappa shape index (κ1) is 24.6. The highest BCUT2D eigenvalue weighted by Crippen LogP contribution is 2.31. The molecule has 0 radical (unpaired) electrons. The third-order valence-corrected chi connectivity index (χ3v) is 6.58. The van der Waals surface area contributed by atoms with Crippen molar-refractivity contribution in [3.63, 3.8) is 0 Å². The van der Waals surface area contributed by atoms with Crippen molar-refractivity contribution >= 4 is 27.4 Å². The molecular weight excluding hydrogens is 499 g/mol. The number of anilines is 1. The maximum Gasteiger partial charge on any atom is 0.573 e. The topological polar surface area (TPSA) is 72.8 Å². The molecule has 10 heteroatoms. The van der Waals surface area contributed by atoms with E-state index in [0.29, 0.717) is 11.5 Å². The summed E-state index contributed by atoms with van der Waals surface area (Å²) < 4.78 is 41.0. The van der Waals surface area contributed by atoms with Crippen molar-refractivity contribution in [3.8, 4) is 28.4 Å². The van der Waals surface area contributed by atoms with Crippen LogP contribution in [-0.2, 0) is 6.42 Å². The summed E-state index contributed by atoms with van der Waals surface area (Å²) in [5.74, 6) is 1.12. The lowest BCUT2D eigenvalue weighted by atomic mass is 10.0. The van der Waals surface area contributed by atoms with Gasteiger partial charge in [0.05, 0.1) is 5.39 Å². The van der Waals surface area contributed by atoms with E-state index in [9.17, 15) is 13.2 Å². The fourth-order valence-corrected chi connectivity index (χ4v) is 4.81. The second kappa shape index (κ2) is 10.5. The number of alkyl halides is 3. The summed E-state index contributed by atoms with van der Waals surface area (Å²) in [5.41, 5.74) is 3.59. The van der Waals surface area contributed by atoms with Crippen LogP contribution in [0.2, 0.25) is 0 Å². The highest BCUT2D eigenvalue weighted by molar-refractivity contribution is 7.18. The van der Waals surface area contributed by atoms with Crippen molar-refractivity contribution in [1.29, 1.82) is 0 Å². The number of thiophene rings is 1. The molecule has 0 spiro atoms. The molecule has 6 nitrogen and oxygen atoms in total. The molecule has 0 bridgehead atoms. The number of benzene rings is 2. The Morgan fingerprint density at radius 3 is 2.35 bits per heavy atom. The van der Waals surface area contributed by atoms with Gasteiger partial charge >= 0.3 is 6.36 Å². The first-order valence-electron chi connectivity index (χ1n) is 11.6. The molecule has 2 aromatic carbocycles. The van der Waals surface area contributed by atoms with E-state index in [1.807, 2.05) is 24.3 Å². The molecular formula is C27H22F3N5OS. The molecule has 0 fully saturated rings. The van der Waals surface area contributed by atoms with Gasteiger partial charge < -0.3 is 10.1 Å². The van der Waals surface area contributed by atoms with E-state index >= 15 is 0 Å². The molecule has 5 aromatic rings. The quantitative estimate of drug-likeness (QED) is 0.220. The Balaban J connectivity index is 1.20. The lowest BCUT2D eigenvalue weighted by Crippen LogP contribution is -2.16. The van der Waals surface area contributed by atoms with Gasteiger partial charge in [0.2, 0.25) is 0 Å². The molecule has 0 amide bonds. The average molecular weight is 522 g/mol. The largest absolute Gasteiger partial charge is 0.573 e. The van der Waals surface area contributed by atoms with E-state index in [2.05, 4.69) is 38.0 Å². The minimum atomic E-state index is -4.70. The second-order valence-corrected chi connectivity index (χ2v) is 9.60. The van der Waals surface area contributed by atoms with Crippen LogP contribution in [0.5, 0.6) is 5.75 Å². The highest BCUT2D eigenvalue weighted by atomic mass is 32.1. The number of halogens is 3. The molecule has 188 valence electrons. The van der Waals surface area contributed by atoms with Gasteiger partial charge in [-0.15, -0.1) is 24.5 Å². The van der Waals surface area contributed by atoms with Gasteiger partial charge in [-0.05, 0) is 60.7 Å². The highest BCUT2D eigenvalue weighted by Gasteiger charge is 2.30. The normalized spacial score (nSPS) is 11.6. The lowest BCUT2D eigenvalue weighted by molar-refractivity contribution is -0.274. The summed E-state index contributed by atoms with van der Waals surface area (Å²) in [4.78, 5) is 19.7. The SMILES string of the molecule is Cc1cc2c(NCCCc3ccc(-c4ccc(OC(F)(F)F)cc4)cc3)nc(-c3ccncn3)nc2s1. The Morgan fingerprint density at radius 1 is 0.946 bits per heavy atom. The third-order valence-electron chi connectivity index (χ3n) is 5.64. The van der Waals surface area contributed by atoms with Crippen LogP contribution in [0.4, 0.5) is 19.0 Å². The Labute approximate surface area is 215 Å². The summed E-state index contributed by atoms with van der Waals surface area (Å²) in [6.45, 7) is 2.78. The van der Waals surface area contributed by atoms with Gasteiger partial charge in [0.1, 0.15) is 28.4 Å². The molecule has 0 atom stereocenters. The Kier molecular flexibility index (Phi) is 7.00.